The van der Waals surface area contributed by atoms with Gasteiger partial charge in [-0.1, -0.05) is 43.9 Å². The molecular weight excluding hydrogens is 238 g/mol. The van der Waals surface area contributed by atoms with Gasteiger partial charge in [0, 0.05) is 12.1 Å². The van der Waals surface area contributed by atoms with Crippen LogP contribution in [-0.2, 0) is 11.3 Å². The maximum absolute atomic E-state index is 6.22. The minimum atomic E-state index is -0.128. The standard InChI is InChI=1S/C16H25NO2/c1-18-15-9-5-4-8-14(15)12-19-16(13-17)10-6-2-3-7-11-16/h4-5,8-9H,2-3,6-7,10-13,17H2,1H3. The molecule has 1 saturated carbocycles. The Morgan fingerprint density at radius 1 is 1.11 bits per heavy atom. The molecule has 0 atom stereocenters. The highest BCUT2D eigenvalue weighted by Gasteiger charge is 2.30. The third-order valence-electron chi connectivity index (χ3n) is 4.11. The fraction of sp³-hybridized carbons (Fsp3) is 0.625. The maximum Gasteiger partial charge on any atom is 0.124 e. The van der Waals surface area contributed by atoms with E-state index in [9.17, 15) is 0 Å². The molecule has 3 heteroatoms. The highest BCUT2D eigenvalue weighted by atomic mass is 16.5. The Morgan fingerprint density at radius 2 is 1.79 bits per heavy atom. The van der Waals surface area contributed by atoms with Gasteiger partial charge in [0.05, 0.1) is 19.3 Å². The van der Waals surface area contributed by atoms with Crippen molar-refractivity contribution >= 4 is 0 Å². The van der Waals surface area contributed by atoms with Gasteiger partial charge in [-0.05, 0) is 18.9 Å². The molecule has 0 unspecified atom stereocenters. The summed E-state index contributed by atoms with van der Waals surface area (Å²) < 4.78 is 11.6. The molecular formula is C16H25NO2. The third-order valence-corrected chi connectivity index (χ3v) is 4.11. The van der Waals surface area contributed by atoms with Gasteiger partial charge in [-0.2, -0.15) is 0 Å². The Bertz CT molecular complexity index is 384. The monoisotopic (exact) mass is 263 g/mol. The first-order valence-corrected chi connectivity index (χ1v) is 7.25. The Hall–Kier alpha value is -1.06. The Balaban J connectivity index is 2.02. The number of ether oxygens (including phenoxy) is 2. The van der Waals surface area contributed by atoms with Crippen LogP contribution in [0.1, 0.15) is 44.1 Å². The number of hydrogen-bond donors (Lipinski definition) is 1. The quantitative estimate of drug-likeness (QED) is 0.829. The largest absolute Gasteiger partial charge is 0.496 e. The van der Waals surface area contributed by atoms with Crippen LogP contribution in [0.5, 0.6) is 5.75 Å². The molecule has 1 aliphatic carbocycles. The van der Waals surface area contributed by atoms with Crippen LogP contribution in [0.15, 0.2) is 24.3 Å². The highest BCUT2D eigenvalue weighted by molar-refractivity contribution is 5.32. The molecule has 1 fully saturated rings. The molecule has 1 aromatic rings. The van der Waals surface area contributed by atoms with E-state index in [1.807, 2.05) is 18.2 Å². The van der Waals surface area contributed by atoms with Crippen LogP contribution in [-0.4, -0.2) is 19.3 Å². The second kappa shape index (κ2) is 6.92. The van der Waals surface area contributed by atoms with Crippen molar-refractivity contribution in [3.63, 3.8) is 0 Å². The van der Waals surface area contributed by atoms with E-state index in [1.165, 1.54) is 25.7 Å². The van der Waals surface area contributed by atoms with Crippen LogP contribution < -0.4 is 10.5 Å². The summed E-state index contributed by atoms with van der Waals surface area (Å²) in [5.74, 6) is 0.892. The highest BCUT2D eigenvalue weighted by Crippen LogP contribution is 2.31. The predicted molar refractivity (Wildman–Crippen MR) is 77.3 cm³/mol. The van der Waals surface area contributed by atoms with Gasteiger partial charge >= 0.3 is 0 Å². The van der Waals surface area contributed by atoms with Crippen molar-refractivity contribution in [2.75, 3.05) is 13.7 Å². The number of methoxy groups -OCH3 is 1. The molecule has 0 heterocycles. The molecule has 2 N–H and O–H groups in total. The zero-order chi connectivity index (χ0) is 13.6. The molecule has 0 bridgehead atoms. The van der Waals surface area contributed by atoms with Crippen molar-refractivity contribution in [3.8, 4) is 5.75 Å². The van der Waals surface area contributed by atoms with Crippen molar-refractivity contribution in [1.82, 2.24) is 0 Å². The van der Waals surface area contributed by atoms with Crippen LogP contribution in [0.2, 0.25) is 0 Å². The van der Waals surface area contributed by atoms with Gasteiger partial charge in [0.15, 0.2) is 0 Å². The first kappa shape index (κ1) is 14.4. The number of nitrogens with two attached hydrogens (primary N) is 1. The van der Waals surface area contributed by atoms with Gasteiger partial charge in [0.25, 0.3) is 0 Å². The van der Waals surface area contributed by atoms with E-state index in [1.54, 1.807) is 7.11 Å². The molecule has 0 amide bonds. The summed E-state index contributed by atoms with van der Waals surface area (Å²) in [5.41, 5.74) is 6.96. The van der Waals surface area contributed by atoms with Gasteiger partial charge in [0.1, 0.15) is 5.75 Å². The number of rotatable bonds is 5. The van der Waals surface area contributed by atoms with E-state index >= 15 is 0 Å². The van der Waals surface area contributed by atoms with Crippen LogP contribution in [0.4, 0.5) is 0 Å². The Kier molecular flexibility index (Phi) is 5.23. The van der Waals surface area contributed by atoms with Gasteiger partial charge in [-0.3, -0.25) is 0 Å². The number of para-hydroxylation sites is 1. The Morgan fingerprint density at radius 3 is 2.42 bits per heavy atom. The fourth-order valence-corrected chi connectivity index (χ4v) is 2.83. The SMILES string of the molecule is COc1ccccc1COC1(CN)CCCCCC1. The predicted octanol–water partition coefficient (Wildman–Crippen LogP) is 3.26. The van der Waals surface area contributed by atoms with E-state index in [-0.39, 0.29) is 5.60 Å². The summed E-state index contributed by atoms with van der Waals surface area (Å²) in [6.45, 7) is 1.20. The molecule has 0 saturated heterocycles. The summed E-state index contributed by atoms with van der Waals surface area (Å²) in [5, 5.41) is 0. The average Bonchev–Trinajstić information content (AvgIpc) is 2.71. The first-order chi connectivity index (χ1) is 9.29. The third kappa shape index (κ3) is 3.71. The molecule has 19 heavy (non-hydrogen) atoms. The van der Waals surface area contributed by atoms with Crippen molar-refractivity contribution in [1.29, 1.82) is 0 Å². The second-order valence-electron chi connectivity index (χ2n) is 5.40. The maximum atomic E-state index is 6.22. The van der Waals surface area contributed by atoms with Crippen molar-refractivity contribution in [2.45, 2.75) is 50.7 Å². The van der Waals surface area contributed by atoms with E-state index in [4.69, 9.17) is 15.2 Å². The lowest BCUT2D eigenvalue weighted by atomic mass is 9.94. The molecule has 0 aliphatic heterocycles. The second-order valence-corrected chi connectivity index (χ2v) is 5.40. The lowest BCUT2D eigenvalue weighted by Crippen LogP contribution is -2.40. The smallest absolute Gasteiger partial charge is 0.124 e. The number of hydrogen-bond acceptors (Lipinski definition) is 3. The summed E-state index contributed by atoms with van der Waals surface area (Å²) >= 11 is 0. The molecule has 1 aromatic carbocycles. The Labute approximate surface area is 116 Å². The minimum absolute atomic E-state index is 0.128. The van der Waals surface area contributed by atoms with E-state index in [2.05, 4.69) is 6.07 Å². The zero-order valence-electron chi connectivity index (χ0n) is 11.9. The lowest BCUT2D eigenvalue weighted by Gasteiger charge is -2.32. The van der Waals surface area contributed by atoms with Gasteiger partial charge < -0.3 is 15.2 Å². The first-order valence-electron chi connectivity index (χ1n) is 7.25. The summed E-state index contributed by atoms with van der Waals surface area (Å²) in [7, 11) is 1.70. The fourth-order valence-electron chi connectivity index (χ4n) is 2.83. The topological polar surface area (TPSA) is 44.5 Å². The molecule has 2 rings (SSSR count). The minimum Gasteiger partial charge on any atom is -0.496 e. The van der Waals surface area contributed by atoms with Gasteiger partial charge in [-0.15, -0.1) is 0 Å². The molecule has 0 radical (unpaired) electrons. The summed E-state index contributed by atoms with van der Waals surface area (Å²) in [6, 6.07) is 8.02. The summed E-state index contributed by atoms with van der Waals surface area (Å²) in [4.78, 5) is 0. The molecule has 3 nitrogen and oxygen atoms in total. The normalized spacial score (nSPS) is 18.8. The van der Waals surface area contributed by atoms with Crippen LogP contribution in [0.3, 0.4) is 0 Å². The lowest BCUT2D eigenvalue weighted by molar-refractivity contribution is -0.0606. The van der Waals surface area contributed by atoms with Crippen molar-refractivity contribution < 1.29 is 9.47 Å². The van der Waals surface area contributed by atoms with Crippen molar-refractivity contribution in [3.05, 3.63) is 29.8 Å². The van der Waals surface area contributed by atoms with Gasteiger partial charge in [-0.25, -0.2) is 0 Å². The van der Waals surface area contributed by atoms with E-state index < -0.39 is 0 Å². The molecule has 106 valence electrons. The zero-order valence-corrected chi connectivity index (χ0v) is 11.9. The molecule has 0 spiro atoms. The van der Waals surface area contributed by atoms with Crippen LogP contribution in [0.25, 0.3) is 0 Å². The molecule has 0 aromatic heterocycles. The van der Waals surface area contributed by atoms with E-state index in [0.717, 1.165) is 24.2 Å². The number of benzene rings is 1. The van der Waals surface area contributed by atoms with E-state index in [0.29, 0.717) is 13.2 Å². The van der Waals surface area contributed by atoms with Crippen LogP contribution in [0, 0.1) is 0 Å². The molecule has 1 aliphatic rings. The summed E-state index contributed by atoms with van der Waals surface area (Å²) in [6.07, 6.45) is 7.23. The average molecular weight is 263 g/mol. The van der Waals surface area contributed by atoms with Gasteiger partial charge in [0.2, 0.25) is 0 Å². The van der Waals surface area contributed by atoms with Crippen LogP contribution >= 0.6 is 0 Å². The van der Waals surface area contributed by atoms with Crippen molar-refractivity contribution in [2.24, 2.45) is 5.73 Å².